The third-order valence-electron chi connectivity index (χ3n) is 4.68. The molecule has 0 fully saturated rings. The zero-order valence-electron chi connectivity index (χ0n) is 17.8. The van der Waals surface area contributed by atoms with Crippen molar-refractivity contribution in [1.29, 1.82) is 0 Å². The number of phenols is 1. The molecule has 0 amide bonds. The summed E-state index contributed by atoms with van der Waals surface area (Å²) in [5.41, 5.74) is 7.60. The number of benzene rings is 2. The van der Waals surface area contributed by atoms with Gasteiger partial charge in [0.05, 0.1) is 15.7 Å². The third-order valence-corrected chi connectivity index (χ3v) is 6.85. The lowest BCUT2D eigenvalue weighted by atomic mass is 10.1. The Morgan fingerprint density at radius 2 is 1.78 bits per heavy atom. The van der Waals surface area contributed by atoms with Crippen LogP contribution in [0.2, 0.25) is 0 Å². The Kier molecular flexibility index (Phi) is 6.54. The molecule has 2 aromatic carbocycles. The number of sulfone groups is 1. The van der Waals surface area contributed by atoms with Crippen molar-refractivity contribution in [2.45, 2.75) is 30.9 Å². The van der Waals surface area contributed by atoms with E-state index in [-0.39, 0.29) is 33.9 Å². The summed E-state index contributed by atoms with van der Waals surface area (Å²) >= 11 is 0. The first-order valence-corrected chi connectivity index (χ1v) is 11.2. The van der Waals surface area contributed by atoms with Gasteiger partial charge in [0.25, 0.3) is 11.8 Å². The normalized spacial score (nSPS) is 13.2. The summed E-state index contributed by atoms with van der Waals surface area (Å²) in [7, 11) is -3.38. The van der Waals surface area contributed by atoms with E-state index in [1.54, 1.807) is 51.1 Å². The van der Waals surface area contributed by atoms with Gasteiger partial charge < -0.3 is 15.3 Å². The minimum Gasteiger partial charge on any atom is -0.507 e. The summed E-state index contributed by atoms with van der Waals surface area (Å²) in [4.78, 5) is 8.43. The van der Waals surface area contributed by atoms with Gasteiger partial charge in [-0.05, 0) is 57.3 Å². The fraction of sp³-hybridized carbons (Fsp3) is 0.182. The van der Waals surface area contributed by atoms with Crippen LogP contribution >= 0.6 is 0 Å². The standard InChI is InChI=1S/C22H23N5O4S/c1-13(2)32(29,30)16-11-9-15(10-12-16)14(3)25-19(20(23)24-4)22-27-26-21(31-22)17-7-5-6-8-18(17)28/h5-13,28H,4,23H2,1-3H3/b20-19-,25-14+. The molecule has 1 aromatic heterocycles. The molecule has 0 saturated carbocycles. The van der Waals surface area contributed by atoms with Crippen LogP contribution in [0.1, 0.15) is 32.2 Å². The van der Waals surface area contributed by atoms with Crippen LogP contribution in [-0.4, -0.2) is 41.4 Å². The van der Waals surface area contributed by atoms with E-state index in [0.29, 0.717) is 16.8 Å². The Hall–Kier alpha value is -3.79. The van der Waals surface area contributed by atoms with Crippen LogP contribution in [0.3, 0.4) is 0 Å². The summed E-state index contributed by atoms with van der Waals surface area (Å²) in [6.45, 7) is 8.41. The SMILES string of the molecule is C=N/C(N)=C(\N=C(/C)c1ccc(S(=O)(=O)C(C)C)cc1)c1nnc(-c2ccccc2O)o1. The highest BCUT2D eigenvalue weighted by Gasteiger charge is 2.20. The molecule has 0 aliphatic rings. The van der Waals surface area contributed by atoms with Crippen LogP contribution in [0.4, 0.5) is 0 Å². The fourth-order valence-electron chi connectivity index (χ4n) is 2.76. The van der Waals surface area contributed by atoms with Crippen molar-refractivity contribution >= 4 is 28.0 Å². The zero-order valence-corrected chi connectivity index (χ0v) is 18.7. The van der Waals surface area contributed by atoms with Gasteiger partial charge in [0.15, 0.2) is 21.4 Å². The first kappa shape index (κ1) is 22.9. The minimum absolute atomic E-state index is 0.00786. The van der Waals surface area contributed by atoms with Gasteiger partial charge in [-0.2, -0.15) is 0 Å². The summed E-state index contributed by atoms with van der Waals surface area (Å²) in [6, 6.07) is 12.9. The van der Waals surface area contributed by atoms with Crippen molar-refractivity contribution in [3.05, 3.63) is 65.8 Å². The maximum Gasteiger partial charge on any atom is 0.270 e. The number of phenolic OH excluding ortho intramolecular Hbond substituents is 1. The molecule has 0 aliphatic carbocycles. The molecule has 0 spiro atoms. The number of hydrogen-bond donors (Lipinski definition) is 2. The predicted octanol–water partition coefficient (Wildman–Crippen LogP) is 3.42. The zero-order chi connectivity index (χ0) is 23.5. The maximum absolute atomic E-state index is 12.3. The van der Waals surface area contributed by atoms with Crippen LogP contribution in [0.5, 0.6) is 5.75 Å². The van der Waals surface area contributed by atoms with E-state index in [1.165, 1.54) is 18.2 Å². The first-order chi connectivity index (χ1) is 15.1. The molecule has 0 atom stereocenters. The van der Waals surface area contributed by atoms with E-state index in [1.807, 2.05) is 0 Å². The van der Waals surface area contributed by atoms with Crippen LogP contribution in [0, 0.1) is 0 Å². The smallest absolute Gasteiger partial charge is 0.270 e. The molecular weight excluding hydrogens is 430 g/mol. The molecule has 32 heavy (non-hydrogen) atoms. The van der Waals surface area contributed by atoms with Crippen LogP contribution < -0.4 is 5.73 Å². The van der Waals surface area contributed by atoms with Gasteiger partial charge in [0.2, 0.25) is 0 Å². The number of hydrogen-bond acceptors (Lipinski definition) is 9. The van der Waals surface area contributed by atoms with Crippen LogP contribution in [0.25, 0.3) is 17.2 Å². The molecule has 0 radical (unpaired) electrons. The van der Waals surface area contributed by atoms with Gasteiger partial charge in [0.1, 0.15) is 5.75 Å². The maximum atomic E-state index is 12.3. The van der Waals surface area contributed by atoms with Gasteiger partial charge in [-0.1, -0.05) is 24.3 Å². The third kappa shape index (κ3) is 4.59. The monoisotopic (exact) mass is 453 g/mol. The fourth-order valence-corrected chi connectivity index (χ4v) is 3.82. The number of aromatic hydroxyl groups is 1. The number of aliphatic imine (C=N–C) groups is 2. The highest BCUT2D eigenvalue weighted by atomic mass is 32.2. The number of para-hydroxylation sites is 1. The van der Waals surface area contributed by atoms with Crippen molar-refractivity contribution < 1.29 is 17.9 Å². The molecule has 3 rings (SSSR count). The average molecular weight is 454 g/mol. The lowest BCUT2D eigenvalue weighted by Crippen LogP contribution is -2.14. The Balaban J connectivity index is 1.98. The molecule has 0 aliphatic heterocycles. The number of rotatable bonds is 7. The molecule has 0 saturated heterocycles. The van der Waals surface area contributed by atoms with E-state index in [2.05, 4.69) is 26.9 Å². The Morgan fingerprint density at radius 3 is 2.38 bits per heavy atom. The molecule has 1 heterocycles. The quantitative estimate of drug-likeness (QED) is 0.521. The summed E-state index contributed by atoms with van der Waals surface area (Å²) < 4.78 is 30.3. The topological polar surface area (TPSA) is 144 Å². The second-order valence-electron chi connectivity index (χ2n) is 7.14. The highest BCUT2D eigenvalue weighted by Crippen LogP contribution is 2.29. The van der Waals surface area contributed by atoms with Gasteiger partial charge in [-0.15, -0.1) is 10.2 Å². The number of aromatic nitrogens is 2. The van der Waals surface area contributed by atoms with E-state index in [0.717, 1.165) is 0 Å². The van der Waals surface area contributed by atoms with Crippen molar-refractivity contribution in [2.75, 3.05) is 0 Å². The summed E-state index contributed by atoms with van der Waals surface area (Å²) in [5.74, 6) is 0.0325. The second-order valence-corrected chi connectivity index (χ2v) is 9.64. The first-order valence-electron chi connectivity index (χ1n) is 9.63. The second kappa shape index (κ2) is 9.15. The Bertz CT molecular complexity index is 1310. The molecule has 0 unspecified atom stereocenters. The van der Waals surface area contributed by atoms with Crippen LogP contribution in [-0.2, 0) is 9.84 Å². The van der Waals surface area contributed by atoms with Gasteiger partial charge in [0, 0.05) is 5.71 Å². The van der Waals surface area contributed by atoms with Crippen LogP contribution in [0.15, 0.2) is 73.6 Å². The van der Waals surface area contributed by atoms with Gasteiger partial charge in [-0.25, -0.2) is 18.4 Å². The van der Waals surface area contributed by atoms with Crippen molar-refractivity contribution in [3.8, 4) is 17.2 Å². The molecule has 3 aromatic rings. The number of nitrogens with two attached hydrogens (primary N) is 1. The molecule has 10 heteroatoms. The lowest BCUT2D eigenvalue weighted by Gasteiger charge is -2.09. The molecule has 9 nitrogen and oxygen atoms in total. The average Bonchev–Trinajstić information content (AvgIpc) is 3.26. The van der Waals surface area contributed by atoms with E-state index in [9.17, 15) is 13.5 Å². The van der Waals surface area contributed by atoms with Crippen molar-refractivity contribution in [2.24, 2.45) is 15.7 Å². The molecule has 166 valence electrons. The van der Waals surface area contributed by atoms with Gasteiger partial charge >= 0.3 is 0 Å². The van der Waals surface area contributed by atoms with Crippen molar-refractivity contribution in [3.63, 3.8) is 0 Å². The van der Waals surface area contributed by atoms with Crippen molar-refractivity contribution in [1.82, 2.24) is 10.2 Å². The van der Waals surface area contributed by atoms with E-state index < -0.39 is 15.1 Å². The van der Waals surface area contributed by atoms with E-state index >= 15 is 0 Å². The summed E-state index contributed by atoms with van der Waals surface area (Å²) in [6.07, 6.45) is 0. The highest BCUT2D eigenvalue weighted by molar-refractivity contribution is 7.92. The Morgan fingerprint density at radius 1 is 1.12 bits per heavy atom. The molecule has 3 N–H and O–H groups in total. The predicted molar refractivity (Wildman–Crippen MR) is 123 cm³/mol. The van der Waals surface area contributed by atoms with E-state index in [4.69, 9.17) is 10.2 Å². The number of nitrogens with zero attached hydrogens (tertiary/aromatic N) is 4. The Labute approximate surface area is 186 Å². The lowest BCUT2D eigenvalue weighted by molar-refractivity contribution is 0.472. The largest absolute Gasteiger partial charge is 0.507 e. The molecular formula is C22H23N5O4S. The summed E-state index contributed by atoms with van der Waals surface area (Å²) in [5, 5.41) is 17.4. The molecule has 0 bridgehead atoms. The minimum atomic E-state index is -3.38. The van der Waals surface area contributed by atoms with Gasteiger partial charge in [-0.3, -0.25) is 0 Å².